The van der Waals surface area contributed by atoms with Gasteiger partial charge < -0.3 is 9.80 Å². The largest absolute Gasteiger partial charge is 0.310 e. The van der Waals surface area contributed by atoms with Gasteiger partial charge in [-0.2, -0.15) is 0 Å². The van der Waals surface area contributed by atoms with Crippen LogP contribution >= 0.6 is 0 Å². The summed E-state index contributed by atoms with van der Waals surface area (Å²) >= 11 is 0. The van der Waals surface area contributed by atoms with Crippen LogP contribution in [0.25, 0.3) is 109 Å². The van der Waals surface area contributed by atoms with Crippen LogP contribution in [0.15, 0.2) is 315 Å². The van der Waals surface area contributed by atoms with Crippen LogP contribution in [-0.4, -0.2) is 0 Å². The molecule has 80 heavy (non-hydrogen) atoms. The fraction of sp³-hybridized carbons (Fsp3) is 0. The van der Waals surface area contributed by atoms with Gasteiger partial charge in [0.2, 0.25) is 0 Å². The molecule has 0 atom stereocenters. The van der Waals surface area contributed by atoms with Crippen molar-refractivity contribution in [1.82, 2.24) is 0 Å². The molecule has 0 heterocycles. The normalized spacial score (nSPS) is 11.5. The molecule has 0 fully saturated rings. The predicted octanol–water partition coefficient (Wildman–Crippen LogP) is 22.2. The van der Waals surface area contributed by atoms with Gasteiger partial charge in [-0.15, -0.1) is 0 Å². The maximum absolute atomic E-state index is 2.47. The number of fused-ring (bicyclic) bond motifs is 6. The average molecular weight is 1020 g/mol. The zero-order valence-corrected chi connectivity index (χ0v) is 43.9. The van der Waals surface area contributed by atoms with Crippen LogP contribution in [0.1, 0.15) is 0 Å². The minimum Gasteiger partial charge on any atom is -0.310 e. The molecule has 0 bridgehead atoms. The van der Waals surface area contributed by atoms with Crippen molar-refractivity contribution in [3.05, 3.63) is 315 Å². The van der Waals surface area contributed by atoms with Crippen molar-refractivity contribution < 1.29 is 0 Å². The Morgan fingerprint density at radius 2 is 0.463 bits per heavy atom. The third-order valence-corrected chi connectivity index (χ3v) is 16.2. The van der Waals surface area contributed by atoms with Crippen LogP contribution in [0.3, 0.4) is 0 Å². The van der Waals surface area contributed by atoms with Crippen LogP contribution in [0.4, 0.5) is 34.1 Å². The molecule has 0 spiro atoms. The average Bonchev–Trinajstić information content (AvgIpc) is 3.62. The maximum Gasteiger partial charge on any atom is 0.0468 e. The smallest absolute Gasteiger partial charge is 0.0468 e. The first kappa shape index (κ1) is 46.7. The van der Waals surface area contributed by atoms with Crippen LogP contribution < -0.4 is 9.80 Å². The lowest BCUT2D eigenvalue weighted by Gasteiger charge is -2.29. The second-order valence-corrected chi connectivity index (χ2v) is 20.8. The molecule has 0 saturated carbocycles. The maximum atomic E-state index is 2.47. The summed E-state index contributed by atoms with van der Waals surface area (Å²) in [5, 5.41) is 14.3. The van der Waals surface area contributed by atoms with Crippen LogP contribution in [0.5, 0.6) is 0 Å². The number of benzene rings is 15. The molecule has 0 aliphatic carbocycles. The molecule has 0 saturated heterocycles. The summed E-state index contributed by atoms with van der Waals surface area (Å²) in [6.45, 7) is 0. The van der Waals surface area contributed by atoms with Crippen molar-refractivity contribution in [2.75, 3.05) is 9.80 Å². The first-order chi connectivity index (χ1) is 39.7. The van der Waals surface area contributed by atoms with E-state index >= 15 is 0 Å². The molecule has 0 N–H and O–H groups in total. The Kier molecular flexibility index (Phi) is 11.6. The molecule has 0 aliphatic heterocycles. The lowest BCUT2D eigenvalue weighted by molar-refractivity contribution is 1.29. The second kappa shape index (κ2) is 19.8. The number of anilines is 6. The van der Waals surface area contributed by atoms with E-state index in [1.165, 1.54) is 87.6 Å². The Morgan fingerprint density at radius 3 is 0.900 bits per heavy atom. The molecule has 0 radical (unpaired) electrons. The number of nitrogens with zero attached hydrogens (tertiary/aromatic N) is 2. The van der Waals surface area contributed by atoms with Crippen molar-refractivity contribution in [2.24, 2.45) is 0 Å². The highest BCUT2D eigenvalue weighted by atomic mass is 15.1. The van der Waals surface area contributed by atoms with Crippen molar-refractivity contribution in [1.29, 1.82) is 0 Å². The molecule has 15 aromatic rings. The van der Waals surface area contributed by atoms with Crippen molar-refractivity contribution in [3.63, 3.8) is 0 Å². The molecular formula is C78H52N2. The number of rotatable bonds is 10. The second-order valence-electron chi connectivity index (χ2n) is 20.8. The van der Waals surface area contributed by atoms with Gasteiger partial charge in [-0.1, -0.05) is 243 Å². The Hall–Kier alpha value is -10.5. The molecule has 0 unspecified atom stereocenters. The topological polar surface area (TPSA) is 6.48 Å². The quantitative estimate of drug-likeness (QED) is 0.126. The fourth-order valence-corrected chi connectivity index (χ4v) is 12.5. The van der Waals surface area contributed by atoms with Gasteiger partial charge in [0, 0.05) is 34.1 Å². The van der Waals surface area contributed by atoms with Crippen molar-refractivity contribution in [3.8, 4) is 44.5 Å². The minimum absolute atomic E-state index is 1.07. The molecule has 15 aromatic carbocycles. The molecule has 374 valence electrons. The summed E-state index contributed by atoms with van der Waals surface area (Å²) < 4.78 is 0. The number of para-hydroxylation sites is 2. The molecule has 15 rings (SSSR count). The summed E-state index contributed by atoms with van der Waals surface area (Å²) in [4.78, 5) is 4.84. The predicted molar refractivity (Wildman–Crippen MR) is 343 cm³/mol. The highest BCUT2D eigenvalue weighted by Crippen LogP contribution is 2.52. The molecule has 2 heteroatoms. The summed E-state index contributed by atoms with van der Waals surface area (Å²) in [5.41, 5.74) is 16.0. The van der Waals surface area contributed by atoms with Crippen molar-refractivity contribution in [2.45, 2.75) is 0 Å². The van der Waals surface area contributed by atoms with Crippen LogP contribution in [-0.2, 0) is 0 Å². The van der Waals surface area contributed by atoms with Gasteiger partial charge in [0.25, 0.3) is 0 Å². The fourth-order valence-electron chi connectivity index (χ4n) is 12.5. The van der Waals surface area contributed by atoms with E-state index in [4.69, 9.17) is 0 Å². The van der Waals surface area contributed by atoms with Gasteiger partial charge in [0.05, 0.1) is 0 Å². The highest BCUT2D eigenvalue weighted by Gasteiger charge is 2.25. The van der Waals surface area contributed by atoms with Gasteiger partial charge in [-0.05, 0) is 182 Å². The van der Waals surface area contributed by atoms with E-state index in [1.807, 2.05) is 0 Å². The molecule has 0 aromatic heterocycles. The van der Waals surface area contributed by atoms with E-state index < -0.39 is 0 Å². The number of hydrogen-bond donors (Lipinski definition) is 0. The highest BCUT2D eigenvalue weighted by molar-refractivity contribution is 6.25. The Morgan fingerprint density at radius 1 is 0.150 bits per heavy atom. The summed E-state index contributed by atoms with van der Waals surface area (Å²) in [7, 11) is 0. The van der Waals surface area contributed by atoms with Gasteiger partial charge in [0.1, 0.15) is 0 Å². The lowest BCUT2D eigenvalue weighted by Crippen LogP contribution is -2.10. The zero-order valence-electron chi connectivity index (χ0n) is 43.9. The van der Waals surface area contributed by atoms with Crippen molar-refractivity contribution >= 4 is 98.8 Å². The molecule has 2 nitrogen and oxygen atoms in total. The standard InChI is InChI=1S/C78H52N2/c1-3-29-59(30-4-1)79(61-43-41-53-21-7-9-25-57(53)49-61)63-45-47-73-75(51-63)77(71-37-17-15-35-69(71)67-39-19-27-55-23-11-13-33-65(55)67)74-48-46-64(80(60-31-5-2-6-32-60)62-44-42-54-22-8-10-26-58(54)50-62)52-76(74)78(73)72-38-18-16-36-70(72)68-40-20-28-56-24-12-14-34-66(56)68/h1-52H. The minimum atomic E-state index is 1.07. The summed E-state index contributed by atoms with van der Waals surface area (Å²) in [6.07, 6.45) is 0. The SMILES string of the molecule is c1ccc(N(c2ccc3ccccc3c2)c2ccc3c(-c4ccccc4-c4cccc5ccccc45)c4cc(N(c5ccccc5)c5ccc6ccccc6c5)ccc4c(-c4ccccc4-c4cccc5ccccc45)c3c2)cc1. The van der Waals surface area contributed by atoms with E-state index in [0.29, 0.717) is 0 Å². The first-order valence-electron chi connectivity index (χ1n) is 27.6. The van der Waals surface area contributed by atoms with E-state index in [9.17, 15) is 0 Å². The van der Waals surface area contributed by atoms with Gasteiger partial charge in [0.15, 0.2) is 0 Å². The lowest BCUT2D eigenvalue weighted by atomic mass is 9.81. The molecule has 0 amide bonds. The molecular weight excluding hydrogens is 965 g/mol. The Bertz CT molecular complexity index is 4530. The summed E-state index contributed by atoms with van der Waals surface area (Å²) in [6, 6.07) is 116. The third-order valence-electron chi connectivity index (χ3n) is 16.2. The Balaban J connectivity index is 1.09. The first-order valence-corrected chi connectivity index (χ1v) is 27.6. The third kappa shape index (κ3) is 8.13. The van der Waals surface area contributed by atoms with E-state index in [2.05, 4.69) is 325 Å². The van der Waals surface area contributed by atoms with Crippen LogP contribution in [0, 0.1) is 0 Å². The summed E-state index contributed by atoms with van der Waals surface area (Å²) in [5.74, 6) is 0. The van der Waals surface area contributed by atoms with E-state index in [0.717, 1.165) is 55.7 Å². The van der Waals surface area contributed by atoms with Gasteiger partial charge in [-0.3, -0.25) is 0 Å². The zero-order chi connectivity index (χ0) is 52.9. The van der Waals surface area contributed by atoms with Gasteiger partial charge in [-0.25, -0.2) is 0 Å². The van der Waals surface area contributed by atoms with E-state index in [1.54, 1.807) is 0 Å². The monoisotopic (exact) mass is 1020 g/mol. The van der Waals surface area contributed by atoms with Gasteiger partial charge >= 0.3 is 0 Å². The molecule has 0 aliphatic rings. The van der Waals surface area contributed by atoms with Crippen LogP contribution in [0.2, 0.25) is 0 Å². The number of hydrogen-bond acceptors (Lipinski definition) is 2. The Labute approximate surface area is 465 Å². The van der Waals surface area contributed by atoms with E-state index in [-0.39, 0.29) is 0 Å².